The quantitative estimate of drug-likeness (QED) is 0.774. The van der Waals surface area contributed by atoms with Crippen LogP contribution in [0.2, 0.25) is 0 Å². The minimum absolute atomic E-state index is 0.311. The van der Waals surface area contributed by atoms with Crippen molar-refractivity contribution in [2.24, 2.45) is 0 Å². The fourth-order valence-electron chi connectivity index (χ4n) is 1.65. The van der Waals surface area contributed by atoms with Crippen LogP contribution in [-0.2, 0) is 4.74 Å². The van der Waals surface area contributed by atoms with Gasteiger partial charge in [-0.15, -0.1) is 0 Å². The summed E-state index contributed by atoms with van der Waals surface area (Å²) in [6.07, 6.45) is 0. The predicted molar refractivity (Wildman–Crippen MR) is 59.5 cm³/mol. The molecule has 0 aliphatic heterocycles. The Balaban J connectivity index is 2.81. The monoisotopic (exact) mass is 193 g/mol. The van der Waals surface area contributed by atoms with E-state index in [1.807, 2.05) is 0 Å². The molecule has 1 unspecified atom stereocenters. The molecule has 2 heteroatoms. The lowest BCUT2D eigenvalue weighted by molar-refractivity contribution is 0.167. The van der Waals surface area contributed by atoms with Crippen molar-refractivity contribution < 1.29 is 4.74 Å². The molecule has 1 N–H and O–H groups in total. The van der Waals surface area contributed by atoms with Gasteiger partial charge in [0.25, 0.3) is 0 Å². The summed E-state index contributed by atoms with van der Waals surface area (Å²) >= 11 is 0. The van der Waals surface area contributed by atoms with Crippen molar-refractivity contribution in [3.8, 4) is 0 Å². The first-order valence-corrected chi connectivity index (χ1v) is 5.07. The highest BCUT2D eigenvalue weighted by Gasteiger charge is 2.10. The Morgan fingerprint density at radius 2 is 2.07 bits per heavy atom. The van der Waals surface area contributed by atoms with Crippen LogP contribution in [0.1, 0.15) is 24.1 Å². The van der Waals surface area contributed by atoms with Gasteiger partial charge in [-0.25, -0.2) is 0 Å². The third-order valence-corrected chi connectivity index (χ3v) is 2.35. The Bertz CT molecular complexity index is 267. The summed E-state index contributed by atoms with van der Waals surface area (Å²) in [6.45, 7) is 5.93. The Morgan fingerprint density at radius 3 is 2.64 bits per heavy atom. The molecule has 0 bridgehead atoms. The van der Waals surface area contributed by atoms with Gasteiger partial charge in [0.15, 0.2) is 0 Å². The fourth-order valence-corrected chi connectivity index (χ4v) is 1.65. The number of likely N-dealkylation sites (N-methyl/N-ethyl adjacent to an activating group) is 1. The van der Waals surface area contributed by atoms with E-state index in [0.29, 0.717) is 6.04 Å². The zero-order chi connectivity index (χ0) is 10.4. The SMILES string of the molecule is CCNC(COC)c1ccccc1C. The van der Waals surface area contributed by atoms with E-state index in [2.05, 4.69) is 43.4 Å². The van der Waals surface area contributed by atoms with E-state index in [0.717, 1.165) is 13.2 Å². The molecule has 0 aliphatic carbocycles. The van der Waals surface area contributed by atoms with Crippen LogP contribution in [0.3, 0.4) is 0 Å². The molecule has 1 rings (SSSR count). The smallest absolute Gasteiger partial charge is 0.0657 e. The second-order valence-electron chi connectivity index (χ2n) is 3.42. The first kappa shape index (κ1) is 11.2. The number of nitrogens with one attached hydrogen (secondary N) is 1. The first-order valence-electron chi connectivity index (χ1n) is 5.07. The van der Waals surface area contributed by atoms with Crippen molar-refractivity contribution in [3.05, 3.63) is 35.4 Å². The van der Waals surface area contributed by atoms with E-state index in [1.165, 1.54) is 11.1 Å². The van der Waals surface area contributed by atoms with Gasteiger partial charge in [0, 0.05) is 7.11 Å². The minimum Gasteiger partial charge on any atom is -0.383 e. The predicted octanol–water partition coefficient (Wildman–Crippen LogP) is 2.29. The number of aryl methyl sites for hydroxylation is 1. The fraction of sp³-hybridized carbons (Fsp3) is 0.500. The Labute approximate surface area is 86.3 Å². The molecule has 0 radical (unpaired) electrons. The van der Waals surface area contributed by atoms with Gasteiger partial charge in [-0.1, -0.05) is 31.2 Å². The van der Waals surface area contributed by atoms with Gasteiger partial charge in [0.2, 0.25) is 0 Å². The van der Waals surface area contributed by atoms with Crippen molar-refractivity contribution in [3.63, 3.8) is 0 Å². The lowest BCUT2D eigenvalue weighted by Gasteiger charge is -2.19. The molecule has 1 aromatic rings. The highest BCUT2D eigenvalue weighted by Crippen LogP contribution is 2.17. The summed E-state index contributed by atoms with van der Waals surface area (Å²) in [4.78, 5) is 0. The maximum absolute atomic E-state index is 5.20. The lowest BCUT2D eigenvalue weighted by atomic mass is 10.0. The van der Waals surface area contributed by atoms with Gasteiger partial charge in [-0.3, -0.25) is 0 Å². The van der Waals surface area contributed by atoms with Crippen molar-refractivity contribution in [1.29, 1.82) is 0 Å². The zero-order valence-electron chi connectivity index (χ0n) is 9.21. The maximum Gasteiger partial charge on any atom is 0.0657 e. The van der Waals surface area contributed by atoms with E-state index in [1.54, 1.807) is 7.11 Å². The Morgan fingerprint density at radius 1 is 1.36 bits per heavy atom. The molecule has 0 aliphatic rings. The van der Waals surface area contributed by atoms with E-state index >= 15 is 0 Å². The minimum atomic E-state index is 0.311. The second-order valence-corrected chi connectivity index (χ2v) is 3.42. The molecule has 78 valence electrons. The van der Waals surface area contributed by atoms with Crippen LogP contribution in [0.5, 0.6) is 0 Å². The van der Waals surface area contributed by atoms with Gasteiger partial charge in [-0.2, -0.15) is 0 Å². The number of methoxy groups -OCH3 is 1. The summed E-state index contributed by atoms with van der Waals surface area (Å²) in [5.74, 6) is 0. The summed E-state index contributed by atoms with van der Waals surface area (Å²) in [5.41, 5.74) is 2.65. The Hall–Kier alpha value is -0.860. The van der Waals surface area contributed by atoms with Crippen LogP contribution >= 0.6 is 0 Å². The third kappa shape index (κ3) is 2.82. The average molecular weight is 193 g/mol. The number of hydrogen-bond donors (Lipinski definition) is 1. The summed E-state index contributed by atoms with van der Waals surface area (Å²) in [6, 6.07) is 8.74. The molecular formula is C12H19NO. The number of hydrogen-bond acceptors (Lipinski definition) is 2. The summed E-state index contributed by atoms with van der Waals surface area (Å²) in [7, 11) is 1.74. The number of rotatable bonds is 5. The van der Waals surface area contributed by atoms with Crippen LogP contribution < -0.4 is 5.32 Å². The molecule has 0 saturated carbocycles. The highest BCUT2D eigenvalue weighted by molar-refractivity contribution is 5.28. The lowest BCUT2D eigenvalue weighted by Crippen LogP contribution is -2.25. The molecule has 0 amide bonds. The molecule has 0 aromatic heterocycles. The molecule has 14 heavy (non-hydrogen) atoms. The molecule has 1 atom stereocenters. The van der Waals surface area contributed by atoms with Gasteiger partial charge in [-0.05, 0) is 24.6 Å². The van der Waals surface area contributed by atoms with Gasteiger partial charge in [0.1, 0.15) is 0 Å². The molecular weight excluding hydrogens is 174 g/mol. The molecule has 0 heterocycles. The van der Waals surface area contributed by atoms with Crippen molar-refractivity contribution in [2.45, 2.75) is 19.9 Å². The van der Waals surface area contributed by atoms with Crippen LogP contribution in [0.25, 0.3) is 0 Å². The van der Waals surface area contributed by atoms with Crippen molar-refractivity contribution in [2.75, 3.05) is 20.3 Å². The van der Waals surface area contributed by atoms with E-state index in [-0.39, 0.29) is 0 Å². The van der Waals surface area contributed by atoms with Gasteiger partial charge >= 0.3 is 0 Å². The van der Waals surface area contributed by atoms with E-state index < -0.39 is 0 Å². The molecule has 0 spiro atoms. The highest BCUT2D eigenvalue weighted by atomic mass is 16.5. The largest absolute Gasteiger partial charge is 0.383 e. The molecule has 2 nitrogen and oxygen atoms in total. The van der Waals surface area contributed by atoms with Crippen molar-refractivity contribution >= 4 is 0 Å². The van der Waals surface area contributed by atoms with Crippen LogP contribution in [0, 0.1) is 6.92 Å². The van der Waals surface area contributed by atoms with Crippen LogP contribution in [0.4, 0.5) is 0 Å². The topological polar surface area (TPSA) is 21.3 Å². The normalized spacial score (nSPS) is 12.8. The van der Waals surface area contributed by atoms with Gasteiger partial charge < -0.3 is 10.1 Å². The third-order valence-electron chi connectivity index (χ3n) is 2.35. The molecule has 0 fully saturated rings. The standard InChI is InChI=1S/C12H19NO/c1-4-13-12(9-14-3)11-8-6-5-7-10(11)2/h5-8,12-13H,4,9H2,1-3H3. The van der Waals surface area contributed by atoms with Crippen LogP contribution in [0.15, 0.2) is 24.3 Å². The number of benzene rings is 1. The second kappa shape index (κ2) is 5.78. The maximum atomic E-state index is 5.20. The average Bonchev–Trinajstić information content (AvgIpc) is 2.18. The Kier molecular flexibility index (Phi) is 4.63. The van der Waals surface area contributed by atoms with Gasteiger partial charge in [0.05, 0.1) is 12.6 Å². The van der Waals surface area contributed by atoms with E-state index in [4.69, 9.17) is 4.74 Å². The van der Waals surface area contributed by atoms with Crippen molar-refractivity contribution in [1.82, 2.24) is 5.32 Å². The summed E-state index contributed by atoms with van der Waals surface area (Å²) < 4.78 is 5.20. The molecule has 0 saturated heterocycles. The summed E-state index contributed by atoms with van der Waals surface area (Å²) in [5, 5.41) is 3.42. The first-order chi connectivity index (χ1) is 6.79. The zero-order valence-corrected chi connectivity index (χ0v) is 9.21. The number of ether oxygens (including phenoxy) is 1. The molecule has 1 aromatic carbocycles. The van der Waals surface area contributed by atoms with E-state index in [9.17, 15) is 0 Å². The van der Waals surface area contributed by atoms with Crippen LogP contribution in [-0.4, -0.2) is 20.3 Å².